The molecule has 0 atom stereocenters. The van der Waals surface area contributed by atoms with Crippen LogP contribution in [-0.2, 0) is 24.7 Å². The molecule has 6 rings (SSSR count). The van der Waals surface area contributed by atoms with E-state index in [2.05, 4.69) is 37.2 Å². The molecule has 2 heterocycles. The number of carbonyl (C=O) groups is 2. The predicted molar refractivity (Wildman–Crippen MR) is 265 cm³/mol. The molecule has 0 fully saturated rings. The van der Waals surface area contributed by atoms with Gasteiger partial charge in [-0.1, -0.05) is 67.4 Å². The maximum atomic E-state index is 13.8. The lowest BCUT2D eigenvalue weighted by Crippen LogP contribution is -2.53. The number of anilines is 4. The molecule has 21 heteroatoms. The Balaban J connectivity index is 1.17. The molecule has 3 amide bonds. The summed E-state index contributed by atoms with van der Waals surface area (Å²) in [5.41, 5.74) is 1.63. The van der Waals surface area contributed by atoms with Gasteiger partial charge in [-0.05, 0) is 30.3 Å². The second-order valence-electron chi connectivity index (χ2n) is 16.0. The SMILES string of the molecule is [B]c1c([B])c(C([B])([B])[B])c([B])c([B])c1-n1nc(C(C)(C)C)cc1NC(=O)Nc1ccc(Oc2ccnc(Nc3cc(C#C)cc(C(=O)NCCOCCOCCOC)c3)n2)c2ccccc12. The van der Waals surface area contributed by atoms with Crippen molar-refractivity contribution in [3.8, 4) is 29.7 Å². The quantitative estimate of drug-likeness (QED) is 0.0566. The van der Waals surface area contributed by atoms with Crippen LogP contribution in [0.1, 0.15) is 48.0 Å². The van der Waals surface area contributed by atoms with Gasteiger partial charge in [0.25, 0.3) is 5.91 Å². The molecule has 0 saturated heterocycles. The van der Waals surface area contributed by atoms with Crippen LogP contribution in [0.3, 0.4) is 0 Å². The zero-order chi connectivity index (χ0) is 47.8. The fraction of sp³-hybridized carbons (Fsp3) is 0.267. The third-order valence-corrected chi connectivity index (χ3v) is 9.92. The molecule has 66 heavy (non-hydrogen) atoms. The van der Waals surface area contributed by atoms with Gasteiger partial charge in [0, 0.05) is 65.0 Å². The molecule has 0 saturated carbocycles. The number of rotatable bonds is 18. The van der Waals surface area contributed by atoms with Crippen LogP contribution in [-0.4, -0.2) is 133 Å². The van der Waals surface area contributed by atoms with Crippen LogP contribution in [0.15, 0.2) is 72.9 Å². The number of methoxy groups -OCH3 is 1. The van der Waals surface area contributed by atoms with Crippen molar-refractivity contribution in [2.75, 3.05) is 62.6 Å². The van der Waals surface area contributed by atoms with Crippen LogP contribution in [0.2, 0.25) is 0 Å². The minimum absolute atomic E-state index is 0.0358. The Labute approximate surface area is 393 Å². The maximum absolute atomic E-state index is 13.8. The highest BCUT2D eigenvalue weighted by atomic mass is 16.5. The summed E-state index contributed by atoms with van der Waals surface area (Å²) < 4.78 is 23.4. The maximum Gasteiger partial charge on any atom is 0.324 e. The van der Waals surface area contributed by atoms with E-state index in [4.69, 9.17) is 85.4 Å². The van der Waals surface area contributed by atoms with E-state index in [-0.39, 0.29) is 63.2 Å². The normalized spacial score (nSPS) is 11.5. The Morgan fingerprint density at radius 3 is 2.17 bits per heavy atom. The standard InChI is InChI=1S/C45H41B7N8O6/c1-6-25-21-26(41(61)53-15-16-64-19-20-65-18-17-63-5)23-27(22-25)55-42-54-14-13-34(58-42)66-31-12-11-30(28-9-7-8-10-29(28)31)56-43(62)57-33-24-32(44(2,3)4)59-60(33)40-38(48)36(46)35(45(50,51)52)37(47)39(40)49/h1,7-14,21-24H,15-20H2,2-5H3,(H,53,61)(H,54,55,58)(H2,56,57,62). The molecule has 0 unspecified atom stereocenters. The number of ether oxygens (including phenoxy) is 4. The topological polar surface area (TPSA) is 163 Å². The molecule has 4 aromatic carbocycles. The average Bonchev–Trinajstić information content (AvgIpc) is 3.69. The molecule has 0 aliphatic rings. The van der Waals surface area contributed by atoms with Gasteiger partial charge >= 0.3 is 6.03 Å². The number of amides is 3. The fourth-order valence-electron chi connectivity index (χ4n) is 6.67. The molecule has 0 bridgehead atoms. The Morgan fingerprint density at radius 1 is 0.818 bits per heavy atom. The number of nitrogens with one attached hydrogen (secondary N) is 4. The van der Waals surface area contributed by atoms with Crippen molar-refractivity contribution >= 4 is 123 Å². The van der Waals surface area contributed by atoms with E-state index >= 15 is 0 Å². The second kappa shape index (κ2) is 21.3. The van der Waals surface area contributed by atoms with Gasteiger partial charge in [-0.3, -0.25) is 10.1 Å². The molecule has 2 aromatic heterocycles. The molecule has 0 aliphatic carbocycles. The third-order valence-electron chi connectivity index (χ3n) is 9.92. The zero-order valence-electron chi connectivity index (χ0n) is 37.0. The van der Waals surface area contributed by atoms with Gasteiger partial charge in [-0.2, -0.15) is 10.1 Å². The van der Waals surface area contributed by atoms with Crippen molar-refractivity contribution < 1.29 is 28.5 Å². The van der Waals surface area contributed by atoms with Gasteiger partial charge in [-0.25, -0.2) is 14.5 Å². The molecule has 4 N–H and O–H groups in total. The van der Waals surface area contributed by atoms with E-state index in [1.54, 1.807) is 49.6 Å². The van der Waals surface area contributed by atoms with Gasteiger partial charge < -0.3 is 34.9 Å². The highest BCUT2D eigenvalue weighted by Gasteiger charge is 2.27. The molecule has 14 nitrogen and oxygen atoms in total. The summed E-state index contributed by atoms with van der Waals surface area (Å²) in [6.07, 6.45) is 7.25. The molecule has 6 aromatic rings. The van der Waals surface area contributed by atoms with E-state index < -0.39 is 16.6 Å². The van der Waals surface area contributed by atoms with E-state index in [1.165, 1.54) is 10.9 Å². The number of hydrogen-bond donors (Lipinski definition) is 4. The summed E-state index contributed by atoms with van der Waals surface area (Å²) in [5, 5.41) is 15.8. The van der Waals surface area contributed by atoms with Crippen LogP contribution in [0, 0.1) is 12.3 Å². The Bertz CT molecular complexity index is 2760. The van der Waals surface area contributed by atoms with Gasteiger partial charge in [0.15, 0.2) is 0 Å². The number of hydrogen-bond acceptors (Lipinski definition) is 10. The third kappa shape index (κ3) is 11.9. The number of carbonyl (C=O) groups excluding carboxylic acids is 2. The van der Waals surface area contributed by atoms with Gasteiger partial charge in [0.05, 0.1) is 73.6 Å². The monoisotopic (exact) mass is 866 g/mol. The molecule has 0 aliphatic heterocycles. The largest absolute Gasteiger partial charge is 0.438 e. The first-order chi connectivity index (χ1) is 31.4. The molecular weight excluding hydrogens is 824 g/mol. The first-order valence-electron chi connectivity index (χ1n) is 20.6. The van der Waals surface area contributed by atoms with Crippen molar-refractivity contribution in [3.63, 3.8) is 0 Å². The van der Waals surface area contributed by atoms with Crippen molar-refractivity contribution in [1.82, 2.24) is 25.1 Å². The predicted octanol–water partition coefficient (Wildman–Crippen LogP) is 1.47. The van der Waals surface area contributed by atoms with E-state index in [0.717, 1.165) is 0 Å². The zero-order valence-corrected chi connectivity index (χ0v) is 37.0. The van der Waals surface area contributed by atoms with Gasteiger partial charge in [0.1, 0.15) is 43.0 Å². The average molecular weight is 866 g/mol. The summed E-state index contributed by atoms with van der Waals surface area (Å²) in [4.78, 5) is 35.7. The van der Waals surface area contributed by atoms with Gasteiger partial charge in [-0.15, -0.1) is 22.5 Å². The van der Waals surface area contributed by atoms with E-state index in [0.29, 0.717) is 77.8 Å². The van der Waals surface area contributed by atoms with Crippen molar-refractivity contribution in [2.45, 2.75) is 31.3 Å². The van der Waals surface area contributed by atoms with Gasteiger partial charge in [0.2, 0.25) is 11.8 Å². The minimum atomic E-state index is -1.95. The smallest absolute Gasteiger partial charge is 0.324 e. The lowest BCUT2D eigenvalue weighted by Gasteiger charge is -2.32. The molecular formula is C45H41B7N8O6. The Hall–Kier alpha value is -6.34. The minimum Gasteiger partial charge on any atom is -0.438 e. The summed E-state index contributed by atoms with van der Waals surface area (Å²) in [6, 6.07) is 18.3. The lowest BCUT2D eigenvalue weighted by molar-refractivity contribution is 0.0255. The first kappa shape index (κ1) is 49.1. The highest BCUT2D eigenvalue weighted by Crippen LogP contribution is 2.35. The summed E-state index contributed by atoms with van der Waals surface area (Å²) in [5.74, 6) is 3.25. The van der Waals surface area contributed by atoms with Crippen LogP contribution in [0.5, 0.6) is 11.6 Å². The van der Waals surface area contributed by atoms with Crippen LogP contribution in [0.4, 0.5) is 27.9 Å². The number of aromatic nitrogens is 4. The van der Waals surface area contributed by atoms with Crippen molar-refractivity contribution in [3.05, 3.63) is 95.3 Å². The molecule has 0 spiro atoms. The summed E-state index contributed by atoms with van der Waals surface area (Å²) in [7, 11) is 45.1. The first-order valence-corrected chi connectivity index (χ1v) is 20.6. The van der Waals surface area contributed by atoms with E-state index in [9.17, 15) is 9.59 Å². The Morgan fingerprint density at radius 2 is 1.50 bits per heavy atom. The lowest BCUT2D eigenvalue weighted by atomic mass is 9.37. The molecule has 14 radical (unpaired) electrons. The summed E-state index contributed by atoms with van der Waals surface area (Å²) in [6.45, 7) is 8.22. The van der Waals surface area contributed by atoms with Crippen LogP contribution < -0.4 is 47.9 Å². The number of nitrogens with zero attached hydrogens (tertiary/aromatic N) is 4. The highest BCUT2D eigenvalue weighted by molar-refractivity contribution is 6.66. The number of fused-ring (bicyclic) bond motifs is 1. The van der Waals surface area contributed by atoms with E-state index in [1.807, 2.05) is 45.0 Å². The van der Waals surface area contributed by atoms with Crippen LogP contribution >= 0.6 is 0 Å². The van der Waals surface area contributed by atoms with Crippen molar-refractivity contribution in [2.24, 2.45) is 0 Å². The molecule has 318 valence electrons. The number of benzene rings is 4. The van der Waals surface area contributed by atoms with Crippen molar-refractivity contribution in [1.29, 1.82) is 0 Å². The fourth-order valence-corrected chi connectivity index (χ4v) is 6.67. The Kier molecular flexibility index (Phi) is 15.9. The summed E-state index contributed by atoms with van der Waals surface area (Å²) >= 11 is 0. The van der Waals surface area contributed by atoms with Crippen LogP contribution in [0.25, 0.3) is 16.5 Å². The second-order valence-corrected chi connectivity index (χ2v) is 16.0. The number of urea groups is 1. The number of terminal acetylenes is 1.